The first kappa shape index (κ1) is 14.3. The number of likely N-dealkylation sites (tertiary alicyclic amines) is 2. The monoisotopic (exact) mass is 274 g/mol. The second kappa shape index (κ2) is 4.76. The van der Waals surface area contributed by atoms with Crippen molar-refractivity contribution >= 4 is 9.84 Å². The molecule has 0 unspecified atom stereocenters. The van der Waals surface area contributed by atoms with Gasteiger partial charge in [0.15, 0.2) is 0 Å². The SMILES string of the molecule is CC(C)(C)N1C[C@H]2CN(CCS(C)(=O)=O)C[C@H]2C1. The molecule has 0 bridgehead atoms. The van der Waals surface area contributed by atoms with E-state index in [-0.39, 0.29) is 5.54 Å². The van der Waals surface area contributed by atoms with Gasteiger partial charge in [0.25, 0.3) is 0 Å². The van der Waals surface area contributed by atoms with Gasteiger partial charge in [0.2, 0.25) is 0 Å². The second-order valence-electron chi connectivity index (χ2n) is 6.99. The lowest BCUT2D eigenvalue weighted by molar-refractivity contribution is 0.150. The zero-order chi connectivity index (χ0) is 13.6. The molecule has 18 heavy (non-hydrogen) atoms. The summed E-state index contributed by atoms with van der Waals surface area (Å²) in [5.74, 6) is 1.78. The summed E-state index contributed by atoms with van der Waals surface area (Å²) in [6.07, 6.45) is 1.32. The van der Waals surface area contributed by atoms with Gasteiger partial charge >= 0.3 is 0 Å². The highest BCUT2D eigenvalue weighted by Crippen LogP contribution is 2.34. The van der Waals surface area contributed by atoms with Crippen molar-refractivity contribution in [3.8, 4) is 0 Å². The number of nitrogens with zero attached hydrogens (tertiary/aromatic N) is 2. The Morgan fingerprint density at radius 3 is 1.94 bits per heavy atom. The molecule has 0 aliphatic carbocycles. The Morgan fingerprint density at radius 1 is 1.06 bits per heavy atom. The molecule has 2 rings (SSSR count). The first-order valence-electron chi connectivity index (χ1n) is 6.80. The lowest BCUT2D eigenvalue weighted by atomic mass is 10.0. The van der Waals surface area contributed by atoms with Crippen LogP contribution >= 0.6 is 0 Å². The lowest BCUT2D eigenvalue weighted by Crippen LogP contribution is -2.41. The Bertz CT molecular complexity index is 386. The number of rotatable bonds is 3. The Labute approximate surface area is 111 Å². The molecule has 2 aliphatic heterocycles. The summed E-state index contributed by atoms with van der Waals surface area (Å²) >= 11 is 0. The van der Waals surface area contributed by atoms with Gasteiger partial charge in [-0.2, -0.15) is 0 Å². The van der Waals surface area contributed by atoms with E-state index < -0.39 is 9.84 Å². The van der Waals surface area contributed by atoms with Crippen LogP contribution in [0.1, 0.15) is 20.8 Å². The largest absolute Gasteiger partial charge is 0.302 e. The van der Waals surface area contributed by atoms with Crippen molar-refractivity contribution in [2.45, 2.75) is 26.3 Å². The lowest BCUT2D eigenvalue weighted by Gasteiger charge is -2.33. The van der Waals surface area contributed by atoms with E-state index in [1.165, 1.54) is 19.3 Å². The predicted molar refractivity (Wildman–Crippen MR) is 74.5 cm³/mol. The molecule has 0 aromatic rings. The van der Waals surface area contributed by atoms with Gasteiger partial charge in [-0.3, -0.25) is 4.90 Å². The van der Waals surface area contributed by atoms with Crippen LogP contribution in [0.15, 0.2) is 0 Å². The first-order valence-corrected chi connectivity index (χ1v) is 8.86. The maximum Gasteiger partial charge on any atom is 0.148 e. The molecule has 2 fully saturated rings. The van der Waals surface area contributed by atoms with Crippen molar-refractivity contribution in [3.05, 3.63) is 0 Å². The highest BCUT2D eigenvalue weighted by atomic mass is 32.2. The fourth-order valence-electron chi connectivity index (χ4n) is 3.12. The van der Waals surface area contributed by atoms with Crippen molar-refractivity contribution in [1.29, 1.82) is 0 Å². The molecule has 0 saturated carbocycles. The van der Waals surface area contributed by atoms with E-state index >= 15 is 0 Å². The number of hydrogen-bond acceptors (Lipinski definition) is 4. The van der Waals surface area contributed by atoms with E-state index in [9.17, 15) is 8.42 Å². The summed E-state index contributed by atoms with van der Waals surface area (Å²) in [5, 5.41) is 0. The second-order valence-corrected chi connectivity index (χ2v) is 9.25. The minimum Gasteiger partial charge on any atom is -0.302 e. The normalized spacial score (nSPS) is 30.9. The van der Waals surface area contributed by atoms with E-state index in [1.807, 2.05) is 0 Å². The van der Waals surface area contributed by atoms with Crippen molar-refractivity contribution in [2.75, 3.05) is 44.7 Å². The fourth-order valence-corrected chi connectivity index (χ4v) is 3.71. The smallest absolute Gasteiger partial charge is 0.148 e. The average molecular weight is 274 g/mol. The van der Waals surface area contributed by atoms with Crippen LogP contribution in [0, 0.1) is 11.8 Å². The maximum atomic E-state index is 11.2. The Morgan fingerprint density at radius 2 is 1.56 bits per heavy atom. The van der Waals surface area contributed by atoms with Crippen molar-refractivity contribution < 1.29 is 8.42 Å². The average Bonchev–Trinajstić information content (AvgIpc) is 2.68. The molecule has 0 aromatic carbocycles. The summed E-state index contributed by atoms with van der Waals surface area (Å²) in [6, 6.07) is 0. The molecule has 106 valence electrons. The van der Waals surface area contributed by atoms with Gasteiger partial charge in [0.1, 0.15) is 9.84 Å². The number of fused-ring (bicyclic) bond motifs is 1. The summed E-state index contributed by atoms with van der Waals surface area (Å²) in [6.45, 7) is 12.0. The number of sulfone groups is 1. The Hall–Kier alpha value is -0.130. The highest BCUT2D eigenvalue weighted by Gasteiger charge is 2.42. The van der Waals surface area contributed by atoms with Crippen LogP contribution in [0.25, 0.3) is 0 Å². The third-order valence-corrected chi connectivity index (χ3v) is 5.21. The summed E-state index contributed by atoms with van der Waals surface area (Å²) in [5.41, 5.74) is 0.266. The van der Waals surface area contributed by atoms with E-state index in [0.717, 1.165) is 24.9 Å². The van der Waals surface area contributed by atoms with E-state index in [2.05, 4.69) is 30.6 Å². The molecule has 5 heteroatoms. The van der Waals surface area contributed by atoms with Gasteiger partial charge in [-0.25, -0.2) is 8.42 Å². The maximum absolute atomic E-state index is 11.2. The van der Waals surface area contributed by atoms with Gasteiger partial charge in [-0.1, -0.05) is 0 Å². The first-order chi connectivity index (χ1) is 8.15. The topological polar surface area (TPSA) is 40.6 Å². The van der Waals surface area contributed by atoms with Gasteiger partial charge in [-0.05, 0) is 32.6 Å². The molecule has 0 N–H and O–H groups in total. The molecular formula is C13H26N2O2S. The molecular weight excluding hydrogens is 248 g/mol. The van der Waals surface area contributed by atoms with Crippen LogP contribution in [0.2, 0.25) is 0 Å². The standard InChI is InChI=1S/C13H26N2O2S/c1-13(2,3)15-9-11-7-14(8-12(11)10-15)5-6-18(4,16)17/h11-12H,5-10H2,1-4H3/t11-,12+. The minimum atomic E-state index is -2.82. The van der Waals surface area contributed by atoms with Crippen molar-refractivity contribution in [3.63, 3.8) is 0 Å². The summed E-state index contributed by atoms with van der Waals surface area (Å²) < 4.78 is 22.4. The van der Waals surface area contributed by atoms with Crippen molar-refractivity contribution in [1.82, 2.24) is 9.80 Å². The van der Waals surface area contributed by atoms with Gasteiger partial charge in [0, 0.05) is 44.5 Å². The third-order valence-electron chi connectivity index (χ3n) is 4.29. The van der Waals surface area contributed by atoms with E-state index in [0.29, 0.717) is 12.3 Å². The van der Waals surface area contributed by atoms with Crippen LogP contribution in [0.3, 0.4) is 0 Å². The minimum absolute atomic E-state index is 0.266. The molecule has 2 heterocycles. The molecule has 2 atom stereocenters. The third kappa shape index (κ3) is 3.45. The Kier molecular flexibility index (Phi) is 3.78. The van der Waals surface area contributed by atoms with E-state index in [1.54, 1.807) is 0 Å². The zero-order valence-electron chi connectivity index (χ0n) is 12.0. The number of hydrogen-bond donors (Lipinski definition) is 0. The fraction of sp³-hybridized carbons (Fsp3) is 1.00. The molecule has 2 saturated heterocycles. The van der Waals surface area contributed by atoms with Gasteiger partial charge < -0.3 is 4.90 Å². The van der Waals surface area contributed by atoms with Crippen LogP contribution in [-0.2, 0) is 9.84 Å². The van der Waals surface area contributed by atoms with Crippen LogP contribution in [-0.4, -0.2) is 68.5 Å². The highest BCUT2D eigenvalue weighted by molar-refractivity contribution is 7.90. The Balaban J connectivity index is 1.83. The van der Waals surface area contributed by atoms with Crippen molar-refractivity contribution in [2.24, 2.45) is 11.8 Å². The quantitative estimate of drug-likeness (QED) is 0.759. The van der Waals surface area contributed by atoms with E-state index in [4.69, 9.17) is 0 Å². The van der Waals surface area contributed by atoms with Crippen LogP contribution in [0.4, 0.5) is 0 Å². The summed E-state index contributed by atoms with van der Waals surface area (Å²) in [4.78, 5) is 4.90. The molecule has 4 nitrogen and oxygen atoms in total. The van der Waals surface area contributed by atoms with Gasteiger partial charge in [0.05, 0.1) is 5.75 Å². The summed E-state index contributed by atoms with van der Waals surface area (Å²) in [7, 11) is -2.82. The molecule has 0 amide bonds. The molecule has 0 spiro atoms. The van der Waals surface area contributed by atoms with Crippen LogP contribution < -0.4 is 0 Å². The zero-order valence-corrected chi connectivity index (χ0v) is 12.8. The van der Waals surface area contributed by atoms with Crippen LogP contribution in [0.5, 0.6) is 0 Å². The molecule has 2 aliphatic rings. The predicted octanol–water partition coefficient (Wildman–Crippen LogP) is 0.693. The molecule has 0 aromatic heterocycles. The molecule has 0 radical (unpaired) electrons. The van der Waals surface area contributed by atoms with Gasteiger partial charge in [-0.15, -0.1) is 0 Å².